The van der Waals surface area contributed by atoms with Gasteiger partial charge in [0.1, 0.15) is 6.07 Å². The Balaban J connectivity index is 0. The van der Waals surface area contributed by atoms with Crippen LogP contribution in [0.15, 0.2) is 24.3 Å². The number of halogens is 1. The van der Waals surface area contributed by atoms with E-state index in [1.54, 1.807) is 6.07 Å². The molecule has 0 spiro atoms. The summed E-state index contributed by atoms with van der Waals surface area (Å²) in [6.07, 6.45) is 0. The van der Waals surface area contributed by atoms with Crippen molar-refractivity contribution in [1.29, 1.82) is 5.26 Å². The molecule has 0 saturated carbocycles. The van der Waals surface area contributed by atoms with Gasteiger partial charge in [0.2, 0.25) is 0 Å². The molecular weight excluding hydrogens is 186 g/mol. The number of nitriles is 1. The van der Waals surface area contributed by atoms with Gasteiger partial charge in [0.25, 0.3) is 0 Å². The van der Waals surface area contributed by atoms with Crippen LogP contribution >= 0.6 is 0 Å². The van der Waals surface area contributed by atoms with Crippen LogP contribution in [0.2, 0.25) is 0 Å². The van der Waals surface area contributed by atoms with Crippen molar-refractivity contribution >= 4 is 5.69 Å². The van der Waals surface area contributed by atoms with Gasteiger partial charge < -0.3 is 23.9 Å². The first-order chi connectivity index (χ1) is 5.38. The van der Waals surface area contributed by atoms with Crippen LogP contribution in [0.4, 0.5) is 5.69 Å². The molecule has 0 aliphatic heterocycles. The number of quaternary nitrogens is 1. The number of anilines is 1. The first-order valence-corrected chi connectivity index (χ1v) is 3.61. The van der Waals surface area contributed by atoms with Crippen molar-refractivity contribution in [3.63, 3.8) is 0 Å². The molecule has 1 aromatic rings. The predicted octanol–water partition coefficient (Wildman–Crippen LogP) is -0.630. The minimum absolute atomic E-state index is 0. The van der Waals surface area contributed by atoms with Crippen LogP contribution in [-0.4, -0.2) is 6.54 Å². The number of para-hydroxylation sites is 1. The maximum atomic E-state index is 8.66. The van der Waals surface area contributed by atoms with E-state index >= 15 is 0 Å². The molecule has 13 heavy (non-hydrogen) atoms. The standard InChI is InChI=1S/C9H10N2.ClH.H3N/c1-2-11-9-6-4-3-5-8(9)7-10;;/h3-6,11H,2H2,1H3;1H;1H3. The van der Waals surface area contributed by atoms with Crippen molar-refractivity contribution < 1.29 is 12.4 Å². The van der Waals surface area contributed by atoms with Gasteiger partial charge in [0.15, 0.2) is 0 Å². The van der Waals surface area contributed by atoms with Crippen molar-refractivity contribution in [2.24, 2.45) is 0 Å². The van der Waals surface area contributed by atoms with Gasteiger partial charge in [0.05, 0.1) is 11.3 Å². The molecule has 1 rings (SSSR count). The molecule has 1 aromatic carbocycles. The lowest BCUT2D eigenvalue weighted by Crippen LogP contribution is -3.00. The highest BCUT2D eigenvalue weighted by Gasteiger charge is 1.95. The van der Waals surface area contributed by atoms with Crippen molar-refractivity contribution in [2.75, 3.05) is 11.9 Å². The maximum Gasteiger partial charge on any atom is 0.101 e. The Morgan fingerprint density at radius 2 is 2.00 bits per heavy atom. The monoisotopic (exact) mass is 199 g/mol. The number of hydrogen-bond donors (Lipinski definition) is 2. The van der Waals surface area contributed by atoms with Crippen LogP contribution in [0.3, 0.4) is 0 Å². The van der Waals surface area contributed by atoms with E-state index in [9.17, 15) is 0 Å². The van der Waals surface area contributed by atoms with Crippen molar-refractivity contribution in [1.82, 2.24) is 6.15 Å². The number of hydrogen-bond acceptors (Lipinski definition) is 2. The van der Waals surface area contributed by atoms with Gasteiger partial charge in [-0.2, -0.15) is 5.26 Å². The molecule has 4 heteroatoms. The van der Waals surface area contributed by atoms with Crippen molar-refractivity contribution in [3.05, 3.63) is 29.8 Å². The molecule has 3 nitrogen and oxygen atoms in total. The average Bonchev–Trinajstić information content (AvgIpc) is 2.06. The zero-order chi connectivity index (χ0) is 8.10. The quantitative estimate of drug-likeness (QED) is 0.666. The van der Waals surface area contributed by atoms with Gasteiger partial charge in [-0.1, -0.05) is 12.1 Å². The summed E-state index contributed by atoms with van der Waals surface area (Å²) in [5.41, 5.74) is 1.62. The number of nitrogens with one attached hydrogen (secondary N) is 1. The molecule has 0 fully saturated rings. The highest BCUT2D eigenvalue weighted by molar-refractivity contribution is 5.56. The molecule has 0 bridgehead atoms. The van der Waals surface area contributed by atoms with Gasteiger partial charge in [0, 0.05) is 6.54 Å². The molecule has 0 radical (unpaired) electrons. The molecule has 0 heterocycles. The normalized spacial score (nSPS) is 7.38. The Morgan fingerprint density at radius 3 is 2.54 bits per heavy atom. The van der Waals surface area contributed by atoms with Crippen LogP contribution < -0.4 is 23.9 Å². The molecular formula is C9H14ClN3. The van der Waals surface area contributed by atoms with Gasteiger partial charge >= 0.3 is 0 Å². The zero-order valence-electron chi connectivity index (χ0n) is 7.84. The Morgan fingerprint density at radius 1 is 1.38 bits per heavy atom. The molecule has 0 aliphatic carbocycles. The predicted molar refractivity (Wildman–Crippen MR) is 51.3 cm³/mol. The largest absolute Gasteiger partial charge is 1.00 e. The molecule has 0 amide bonds. The van der Waals surface area contributed by atoms with E-state index in [0.717, 1.165) is 12.2 Å². The minimum Gasteiger partial charge on any atom is -1.00 e. The summed E-state index contributed by atoms with van der Waals surface area (Å²) >= 11 is 0. The third-order valence-corrected chi connectivity index (χ3v) is 1.41. The second-order valence-electron chi connectivity index (χ2n) is 2.19. The second-order valence-corrected chi connectivity index (χ2v) is 2.19. The van der Waals surface area contributed by atoms with Gasteiger partial charge in [-0.15, -0.1) is 0 Å². The topological polar surface area (TPSA) is 72.3 Å². The molecule has 0 unspecified atom stereocenters. The maximum absolute atomic E-state index is 8.66. The first-order valence-electron chi connectivity index (χ1n) is 3.61. The van der Waals surface area contributed by atoms with Crippen molar-refractivity contribution in [3.8, 4) is 6.07 Å². The molecule has 0 aliphatic rings. The summed E-state index contributed by atoms with van der Waals surface area (Å²) in [6, 6.07) is 9.60. The van der Waals surface area contributed by atoms with E-state index in [2.05, 4.69) is 11.4 Å². The van der Waals surface area contributed by atoms with E-state index in [1.165, 1.54) is 0 Å². The Hall–Kier alpha value is -1.24. The summed E-state index contributed by atoms with van der Waals surface area (Å²) in [5.74, 6) is 0. The highest BCUT2D eigenvalue weighted by atomic mass is 35.5. The Kier molecular flexibility index (Phi) is 8.15. The van der Waals surface area contributed by atoms with E-state index in [1.807, 2.05) is 25.1 Å². The summed E-state index contributed by atoms with van der Waals surface area (Å²) in [7, 11) is 0. The van der Waals surface area contributed by atoms with Gasteiger partial charge in [-0.05, 0) is 19.1 Å². The SMILES string of the molecule is CCNc1ccccc1C#N.[Cl-].[NH4+]. The fourth-order valence-corrected chi connectivity index (χ4v) is 0.925. The lowest BCUT2D eigenvalue weighted by atomic mass is 10.2. The smallest absolute Gasteiger partial charge is 0.101 e. The van der Waals surface area contributed by atoms with Crippen LogP contribution in [-0.2, 0) is 0 Å². The van der Waals surface area contributed by atoms with Crippen LogP contribution in [0.1, 0.15) is 12.5 Å². The van der Waals surface area contributed by atoms with E-state index in [-0.39, 0.29) is 18.6 Å². The van der Waals surface area contributed by atoms with Crippen LogP contribution in [0.25, 0.3) is 0 Å². The number of nitrogens with zero attached hydrogens (tertiary/aromatic N) is 1. The fourth-order valence-electron chi connectivity index (χ4n) is 0.925. The molecule has 0 atom stereocenters. The second kappa shape index (κ2) is 7.41. The number of rotatable bonds is 2. The summed E-state index contributed by atoms with van der Waals surface area (Å²) in [6.45, 7) is 2.85. The van der Waals surface area contributed by atoms with E-state index < -0.39 is 0 Å². The van der Waals surface area contributed by atoms with Gasteiger partial charge in [-0.25, -0.2) is 0 Å². The van der Waals surface area contributed by atoms with Crippen molar-refractivity contribution in [2.45, 2.75) is 6.92 Å². The molecule has 0 aromatic heterocycles. The lowest BCUT2D eigenvalue weighted by molar-refractivity contribution is -0.00000297. The summed E-state index contributed by atoms with van der Waals surface area (Å²) in [4.78, 5) is 0. The van der Waals surface area contributed by atoms with Crippen LogP contribution in [0.5, 0.6) is 0 Å². The van der Waals surface area contributed by atoms with Crippen LogP contribution in [0, 0.1) is 11.3 Å². The lowest BCUT2D eigenvalue weighted by Gasteiger charge is -2.03. The molecule has 0 saturated heterocycles. The van der Waals surface area contributed by atoms with E-state index in [4.69, 9.17) is 5.26 Å². The highest BCUT2D eigenvalue weighted by Crippen LogP contribution is 2.12. The first kappa shape index (κ1) is 14.3. The van der Waals surface area contributed by atoms with E-state index in [0.29, 0.717) is 5.56 Å². The summed E-state index contributed by atoms with van der Waals surface area (Å²) in [5, 5.41) is 11.8. The third-order valence-electron chi connectivity index (χ3n) is 1.41. The molecule has 5 N–H and O–H groups in total. The average molecular weight is 200 g/mol. The Labute approximate surface area is 84.8 Å². The Bertz CT molecular complexity index is 280. The fraction of sp³-hybridized carbons (Fsp3) is 0.222. The molecule has 72 valence electrons. The zero-order valence-corrected chi connectivity index (χ0v) is 8.60. The summed E-state index contributed by atoms with van der Waals surface area (Å²) < 4.78 is 0. The minimum atomic E-state index is 0. The number of benzene rings is 1. The third kappa shape index (κ3) is 3.79. The van der Waals surface area contributed by atoms with Gasteiger partial charge in [-0.3, -0.25) is 0 Å².